The molecule has 3 rings (SSSR count). The minimum atomic E-state index is 0.326. The molecule has 0 bridgehead atoms. The van der Waals surface area contributed by atoms with Gasteiger partial charge in [0.25, 0.3) is 0 Å². The van der Waals surface area contributed by atoms with Crippen LogP contribution >= 0.6 is 0 Å². The van der Waals surface area contributed by atoms with Crippen LogP contribution in [0, 0.1) is 0 Å². The van der Waals surface area contributed by atoms with Crippen LogP contribution in [0.1, 0.15) is 32.1 Å². The molecule has 0 N–H and O–H groups in total. The van der Waals surface area contributed by atoms with Crippen molar-refractivity contribution in [2.75, 3.05) is 0 Å². The molecule has 1 aromatic carbocycles. The lowest BCUT2D eigenvalue weighted by Gasteiger charge is -2.22. The van der Waals surface area contributed by atoms with Gasteiger partial charge in [-0.05, 0) is 25.7 Å². The second-order valence-corrected chi connectivity index (χ2v) is 4.96. The molecule has 0 radical (unpaired) electrons. The Morgan fingerprint density at radius 3 is 2.53 bits per heavy atom. The van der Waals surface area contributed by atoms with E-state index in [1.807, 2.05) is 36.4 Å². The summed E-state index contributed by atoms with van der Waals surface area (Å²) in [5.41, 5.74) is 1.02. The first-order chi connectivity index (χ1) is 9.42. The molecular weight excluding hydrogens is 236 g/mol. The van der Waals surface area contributed by atoms with Crippen LogP contribution in [0.2, 0.25) is 0 Å². The summed E-state index contributed by atoms with van der Waals surface area (Å²) in [5.74, 6) is 1.43. The smallest absolute Gasteiger partial charge is 0.217 e. The summed E-state index contributed by atoms with van der Waals surface area (Å²) in [6.07, 6.45) is 8.25. The molecule has 98 valence electrons. The summed E-state index contributed by atoms with van der Waals surface area (Å²) in [4.78, 5) is 8.82. The highest BCUT2D eigenvalue weighted by atomic mass is 16.5. The maximum Gasteiger partial charge on any atom is 0.217 e. The van der Waals surface area contributed by atoms with Crippen LogP contribution < -0.4 is 4.74 Å². The van der Waals surface area contributed by atoms with E-state index in [1.54, 1.807) is 6.20 Å². The van der Waals surface area contributed by atoms with E-state index in [4.69, 9.17) is 4.74 Å². The van der Waals surface area contributed by atoms with Gasteiger partial charge in [-0.1, -0.05) is 36.8 Å². The predicted molar refractivity (Wildman–Crippen MR) is 75.0 cm³/mol. The van der Waals surface area contributed by atoms with Crippen LogP contribution in [0.25, 0.3) is 11.4 Å². The number of hydrogen-bond donors (Lipinski definition) is 0. The van der Waals surface area contributed by atoms with Crippen LogP contribution in [0.3, 0.4) is 0 Å². The lowest BCUT2D eigenvalue weighted by atomic mass is 9.98. The van der Waals surface area contributed by atoms with Crippen molar-refractivity contribution in [1.82, 2.24) is 9.97 Å². The molecule has 1 saturated carbocycles. The average Bonchev–Trinajstić information content (AvgIpc) is 2.49. The van der Waals surface area contributed by atoms with Crippen LogP contribution in [0.5, 0.6) is 5.88 Å². The lowest BCUT2D eigenvalue weighted by Crippen LogP contribution is -2.20. The fourth-order valence-electron chi connectivity index (χ4n) is 2.49. The Bertz CT molecular complexity index is 521. The molecule has 0 amide bonds. The minimum absolute atomic E-state index is 0.326. The average molecular weight is 254 g/mol. The van der Waals surface area contributed by atoms with Crippen molar-refractivity contribution in [3.63, 3.8) is 0 Å². The lowest BCUT2D eigenvalue weighted by molar-refractivity contribution is 0.148. The summed E-state index contributed by atoms with van der Waals surface area (Å²) in [6, 6.07) is 11.9. The van der Waals surface area contributed by atoms with Crippen LogP contribution in [0.4, 0.5) is 0 Å². The molecule has 2 aromatic rings. The fraction of sp³-hybridized carbons (Fsp3) is 0.375. The molecule has 1 aliphatic carbocycles. The fourth-order valence-corrected chi connectivity index (χ4v) is 2.49. The first-order valence-corrected chi connectivity index (χ1v) is 6.97. The van der Waals surface area contributed by atoms with Gasteiger partial charge >= 0.3 is 0 Å². The number of hydrogen-bond acceptors (Lipinski definition) is 3. The van der Waals surface area contributed by atoms with Crippen molar-refractivity contribution in [1.29, 1.82) is 0 Å². The molecule has 0 atom stereocenters. The van der Waals surface area contributed by atoms with Gasteiger partial charge in [-0.25, -0.2) is 4.98 Å². The molecule has 1 fully saturated rings. The number of rotatable bonds is 3. The van der Waals surface area contributed by atoms with Crippen LogP contribution in [-0.4, -0.2) is 16.1 Å². The third kappa shape index (κ3) is 3.11. The van der Waals surface area contributed by atoms with E-state index >= 15 is 0 Å². The van der Waals surface area contributed by atoms with Gasteiger partial charge in [0.2, 0.25) is 5.88 Å². The number of benzene rings is 1. The highest BCUT2D eigenvalue weighted by Gasteiger charge is 2.15. The Morgan fingerprint density at radius 1 is 0.947 bits per heavy atom. The van der Waals surface area contributed by atoms with Crippen molar-refractivity contribution in [3.05, 3.63) is 42.6 Å². The molecule has 1 aliphatic rings. The second kappa shape index (κ2) is 5.83. The van der Waals surface area contributed by atoms with Crippen molar-refractivity contribution in [3.8, 4) is 17.3 Å². The molecular formula is C16H18N2O. The Hall–Kier alpha value is -1.90. The van der Waals surface area contributed by atoms with Crippen molar-refractivity contribution < 1.29 is 4.74 Å². The molecule has 0 aliphatic heterocycles. The zero-order chi connectivity index (χ0) is 12.9. The summed E-state index contributed by atoms with van der Waals surface area (Å²) in [7, 11) is 0. The highest BCUT2D eigenvalue weighted by Crippen LogP contribution is 2.23. The maximum atomic E-state index is 5.97. The van der Waals surface area contributed by atoms with Gasteiger partial charge in [0.1, 0.15) is 6.10 Å². The van der Waals surface area contributed by atoms with E-state index < -0.39 is 0 Å². The van der Waals surface area contributed by atoms with E-state index in [9.17, 15) is 0 Å². The normalized spacial score (nSPS) is 16.2. The van der Waals surface area contributed by atoms with E-state index in [0.29, 0.717) is 12.0 Å². The zero-order valence-corrected chi connectivity index (χ0v) is 11.0. The standard InChI is InChI=1S/C16H18N2O/c1-3-7-13(8-4-1)16-17-12-11-15(18-16)19-14-9-5-2-6-10-14/h1,3-4,7-8,11-12,14H,2,5-6,9-10H2. The summed E-state index contributed by atoms with van der Waals surface area (Å²) in [6.45, 7) is 0. The SMILES string of the molecule is c1ccc(-c2nccc(OC3CCCCC3)n2)cc1. The van der Waals surface area contributed by atoms with Crippen LogP contribution in [-0.2, 0) is 0 Å². The predicted octanol–water partition coefficient (Wildman–Crippen LogP) is 3.86. The first kappa shape index (κ1) is 12.2. The Balaban J connectivity index is 1.76. The van der Waals surface area contributed by atoms with Gasteiger partial charge in [0, 0.05) is 17.8 Å². The van der Waals surface area contributed by atoms with E-state index in [1.165, 1.54) is 19.3 Å². The van der Waals surface area contributed by atoms with Gasteiger partial charge in [-0.15, -0.1) is 0 Å². The molecule has 3 heteroatoms. The van der Waals surface area contributed by atoms with Gasteiger partial charge in [-0.2, -0.15) is 4.98 Å². The number of nitrogens with zero attached hydrogens (tertiary/aromatic N) is 2. The summed E-state index contributed by atoms with van der Waals surface area (Å²) >= 11 is 0. The Morgan fingerprint density at radius 2 is 1.74 bits per heavy atom. The second-order valence-electron chi connectivity index (χ2n) is 4.96. The summed E-state index contributed by atoms with van der Waals surface area (Å²) < 4.78 is 5.97. The molecule has 3 nitrogen and oxygen atoms in total. The van der Waals surface area contributed by atoms with Crippen molar-refractivity contribution in [2.45, 2.75) is 38.2 Å². The van der Waals surface area contributed by atoms with E-state index in [-0.39, 0.29) is 0 Å². The largest absolute Gasteiger partial charge is 0.474 e. The molecule has 1 heterocycles. The van der Waals surface area contributed by atoms with Gasteiger partial charge < -0.3 is 4.74 Å². The number of ether oxygens (including phenoxy) is 1. The molecule has 0 unspecified atom stereocenters. The van der Waals surface area contributed by atoms with Gasteiger partial charge in [-0.3, -0.25) is 0 Å². The zero-order valence-electron chi connectivity index (χ0n) is 11.0. The monoisotopic (exact) mass is 254 g/mol. The Kier molecular flexibility index (Phi) is 3.73. The van der Waals surface area contributed by atoms with Gasteiger partial charge in [0.15, 0.2) is 5.82 Å². The van der Waals surface area contributed by atoms with Crippen molar-refractivity contribution >= 4 is 0 Å². The molecule has 1 aromatic heterocycles. The minimum Gasteiger partial charge on any atom is -0.474 e. The maximum absolute atomic E-state index is 5.97. The molecule has 19 heavy (non-hydrogen) atoms. The van der Waals surface area contributed by atoms with Crippen molar-refractivity contribution in [2.24, 2.45) is 0 Å². The van der Waals surface area contributed by atoms with E-state index in [2.05, 4.69) is 9.97 Å². The molecule has 0 saturated heterocycles. The summed E-state index contributed by atoms with van der Waals surface area (Å²) in [5, 5.41) is 0. The van der Waals surface area contributed by atoms with Crippen LogP contribution in [0.15, 0.2) is 42.6 Å². The molecule has 0 spiro atoms. The highest BCUT2D eigenvalue weighted by molar-refractivity contribution is 5.54. The third-order valence-electron chi connectivity index (χ3n) is 3.50. The quantitative estimate of drug-likeness (QED) is 0.834. The topological polar surface area (TPSA) is 35.0 Å². The number of aromatic nitrogens is 2. The Labute approximate surface area is 113 Å². The van der Waals surface area contributed by atoms with Gasteiger partial charge in [0.05, 0.1) is 0 Å². The third-order valence-corrected chi connectivity index (χ3v) is 3.50. The van der Waals surface area contributed by atoms with E-state index in [0.717, 1.165) is 24.2 Å². The first-order valence-electron chi connectivity index (χ1n) is 6.97.